The summed E-state index contributed by atoms with van der Waals surface area (Å²) in [5, 5.41) is 3.14. The lowest BCUT2D eigenvalue weighted by molar-refractivity contribution is 0.179. The Morgan fingerprint density at radius 2 is 2.10 bits per heavy atom. The molecule has 0 saturated carbocycles. The predicted octanol–water partition coefficient (Wildman–Crippen LogP) is 0.682. The van der Waals surface area contributed by atoms with E-state index in [1.54, 1.807) is 14.2 Å². The number of benzene rings is 1. The Balaban J connectivity index is 2.52. The molecular formula is C14H24N4O2. The Morgan fingerprint density at radius 3 is 2.75 bits per heavy atom. The van der Waals surface area contributed by atoms with Gasteiger partial charge in [0, 0.05) is 19.7 Å². The number of hydrazine groups is 1. The molecule has 0 saturated heterocycles. The zero-order valence-corrected chi connectivity index (χ0v) is 12.3. The summed E-state index contributed by atoms with van der Waals surface area (Å²) in [7, 11) is 3.33. The van der Waals surface area contributed by atoms with Crippen molar-refractivity contribution in [2.24, 2.45) is 10.8 Å². The largest absolute Gasteiger partial charge is 0.496 e. The van der Waals surface area contributed by atoms with Crippen molar-refractivity contribution < 1.29 is 9.47 Å². The molecule has 6 heteroatoms. The highest BCUT2D eigenvalue weighted by atomic mass is 16.5. The average Bonchev–Trinajstić information content (AvgIpc) is 2.47. The standard InChI is InChI=1S/C14H24N4O2/c1-11(10-19-2)17-14(18-15)16-9-8-12-6-4-5-7-13(12)20-3/h4-7,11H,8-10,15H2,1-3H3,(H2,16,17,18). The van der Waals surface area contributed by atoms with E-state index in [-0.39, 0.29) is 6.04 Å². The van der Waals surface area contributed by atoms with E-state index in [0.29, 0.717) is 19.1 Å². The maximum atomic E-state index is 5.44. The highest BCUT2D eigenvalue weighted by Gasteiger charge is 2.04. The maximum absolute atomic E-state index is 5.44. The molecule has 0 radical (unpaired) electrons. The highest BCUT2D eigenvalue weighted by Crippen LogP contribution is 2.17. The van der Waals surface area contributed by atoms with Gasteiger partial charge in [-0.2, -0.15) is 0 Å². The average molecular weight is 280 g/mol. The van der Waals surface area contributed by atoms with E-state index in [0.717, 1.165) is 17.7 Å². The fraction of sp³-hybridized carbons (Fsp3) is 0.500. The molecule has 0 aliphatic heterocycles. The van der Waals surface area contributed by atoms with Gasteiger partial charge in [0.15, 0.2) is 0 Å². The van der Waals surface area contributed by atoms with Gasteiger partial charge in [-0.25, -0.2) is 5.84 Å². The summed E-state index contributed by atoms with van der Waals surface area (Å²) in [6, 6.07) is 8.06. The first-order valence-corrected chi connectivity index (χ1v) is 6.59. The normalized spacial score (nSPS) is 12.9. The van der Waals surface area contributed by atoms with E-state index >= 15 is 0 Å². The molecule has 0 spiro atoms. The summed E-state index contributed by atoms with van der Waals surface area (Å²) in [6.45, 7) is 3.20. The zero-order valence-electron chi connectivity index (χ0n) is 12.3. The van der Waals surface area contributed by atoms with Crippen molar-refractivity contribution >= 4 is 5.96 Å². The van der Waals surface area contributed by atoms with Crippen LogP contribution in [0.25, 0.3) is 0 Å². The fourth-order valence-electron chi connectivity index (χ4n) is 1.86. The van der Waals surface area contributed by atoms with Gasteiger partial charge in [0.05, 0.1) is 13.7 Å². The van der Waals surface area contributed by atoms with E-state index in [4.69, 9.17) is 15.3 Å². The summed E-state index contributed by atoms with van der Waals surface area (Å²) in [6.07, 6.45) is 0.787. The first-order valence-electron chi connectivity index (χ1n) is 6.59. The number of nitrogens with two attached hydrogens (primary N) is 1. The molecule has 1 aromatic carbocycles. The van der Waals surface area contributed by atoms with Crippen LogP contribution in [-0.2, 0) is 11.2 Å². The van der Waals surface area contributed by atoms with Crippen molar-refractivity contribution in [3.63, 3.8) is 0 Å². The summed E-state index contributed by atoms with van der Waals surface area (Å²) < 4.78 is 10.4. The molecule has 0 fully saturated rings. The van der Waals surface area contributed by atoms with Gasteiger partial charge in [-0.1, -0.05) is 18.2 Å². The Hall–Kier alpha value is -1.79. The first-order chi connectivity index (χ1) is 9.71. The topological polar surface area (TPSA) is 80.9 Å². The van der Waals surface area contributed by atoms with E-state index < -0.39 is 0 Å². The van der Waals surface area contributed by atoms with Crippen molar-refractivity contribution in [1.82, 2.24) is 10.7 Å². The minimum Gasteiger partial charge on any atom is -0.496 e. The van der Waals surface area contributed by atoms with Crippen molar-refractivity contribution in [1.29, 1.82) is 0 Å². The SMILES string of the molecule is COCC(C)NC(=NCCc1ccccc1OC)NN. The second kappa shape index (κ2) is 9.17. The lowest BCUT2D eigenvalue weighted by Crippen LogP contribution is -2.47. The van der Waals surface area contributed by atoms with E-state index in [1.165, 1.54) is 0 Å². The van der Waals surface area contributed by atoms with Gasteiger partial charge >= 0.3 is 0 Å². The molecule has 1 atom stereocenters. The smallest absolute Gasteiger partial charge is 0.206 e. The van der Waals surface area contributed by atoms with Crippen LogP contribution in [0, 0.1) is 0 Å². The van der Waals surface area contributed by atoms with E-state index in [9.17, 15) is 0 Å². The van der Waals surface area contributed by atoms with Crippen LogP contribution >= 0.6 is 0 Å². The number of ether oxygens (including phenoxy) is 2. The third kappa shape index (κ3) is 5.46. The Morgan fingerprint density at radius 1 is 1.35 bits per heavy atom. The van der Waals surface area contributed by atoms with Crippen molar-refractivity contribution in [2.45, 2.75) is 19.4 Å². The van der Waals surface area contributed by atoms with Gasteiger partial charge < -0.3 is 14.8 Å². The van der Waals surface area contributed by atoms with Gasteiger partial charge in [-0.15, -0.1) is 0 Å². The lowest BCUT2D eigenvalue weighted by Gasteiger charge is -2.15. The van der Waals surface area contributed by atoms with Crippen LogP contribution in [-0.4, -0.2) is 39.4 Å². The fourth-order valence-corrected chi connectivity index (χ4v) is 1.86. The number of nitrogens with one attached hydrogen (secondary N) is 2. The molecule has 0 bridgehead atoms. The molecule has 0 amide bonds. The number of aliphatic imine (C=N–C) groups is 1. The van der Waals surface area contributed by atoms with Crippen molar-refractivity contribution in [2.75, 3.05) is 27.4 Å². The van der Waals surface area contributed by atoms with Gasteiger partial charge in [0.25, 0.3) is 0 Å². The van der Waals surface area contributed by atoms with Crippen LogP contribution in [0.5, 0.6) is 5.75 Å². The molecule has 1 aromatic rings. The number of nitrogens with zero attached hydrogens (tertiary/aromatic N) is 1. The summed E-state index contributed by atoms with van der Waals surface area (Å²) in [5.41, 5.74) is 3.68. The second-order valence-corrected chi connectivity index (χ2v) is 4.44. The van der Waals surface area contributed by atoms with Crippen molar-refractivity contribution in [3.8, 4) is 5.75 Å². The Bertz CT molecular complexity index is 423. The number of rotatable bonds is 7. The van der Waals surface area contributed by atoms with Crippen molar-refractivity contribution in [3.05, 3.63) is 29.8 Å². The number of para-hydroxylation sites is 1. The molecule has 0 aliphatic carbocycles. The van der Waals surface area contributed by atoms with Crippen LogP contribution < -0.4 is 21.3 Å². The summed E-state index contributed by atoms with van der Waals surface area (Å²) in [4.78, 5) is 4.39. The summed E-state index contributed by atoms with van der Waals surface area (Å²) >= 11 is 0. The van der Waals surface area contributed by atoms with Crippen LogP contribution in [0.4, 0.5) is 0 Å². The molecule has 20 heavy (non-hydrogen) atoms. The van der Waals surface area contributed by atoms with Gasteiger partial charge in [0.2, 0.25) is 5.96 Å². The summed E-state index contributed by atoms with van der Waals surface area (Å²) in [5.74, 6) is 6.88. The molecule has 0 aromatic heterocycles. The number of guanidine groups is 1. The zero-order chi connectivity index (χ0) is 14.8. The molecule has 0 heterocycles. The van der Waals surface area contributed by atoms with Crippen LogP contribution in [0.15, 0.2) is 29.3 Å². The molecule has 112 valence electrons. The number of methoxy groups -OCH3 is 2. The number of hydrogen-bond donors (Lipinski definition) is 3. The molecule has 4 N–H and O–H groups in total. The van der Waals surface area contributed by atoms with Gasteiger partial charge in [-0.3, -0.25) is 10.4 Å². The van der Waals surface area contributed by atoms with Crippen LogP contribution in [0.1, 0.15) is 12.5 Å². The third-order valence-corrected chi connectivity index (χ3v) is 2.78. The van der Waals surface area contributed by atoms with E-state index in [2.05, 4.69) is 15.7 Å². The molecular weight excluding hydrogens is 256 g/mol. The second-order valence-electron chi connectivity index (χ2n) is 4.44. The Labute approximate surface area is 120 Å². The highest BCUT2D eigenvalue weighted by molar-refractivity contribution is 5.79. The quantitative estimate of drug-likeness (QED) is 0.296. The van der Waals surface area contributed by atoms with Gasteiger partial charge in [0.1, 0.15) is 5.75 Å². The van der Waals surface area contributed by atoms with E-state index in [1.807, 2.05) is 31.2 Å². The maximum Gasteiger partial charge on any atom is 0.206 e. The minimum atomic E-state index is 0.140. The van der Waals surface area contributed by atoms with Crippen LogP contribution in [0.2, 0.25) is 0 Å². The van der Waals surface area contributed by atoms with Crippen LogP contribution in [0.3, 0.4) is 0 Å². The van der Waals surface area contributed by atoms with Gasteiger partial charge in [-0.05, 0) is 25.0 Å². The lowest BCUT2D eigenvalue weighted by atomic mass is 10.1. The first kappa shape index (κ1) is 16.3. The molecule has 1 unspecified atom stereocenters. The molecule has 0 aliphatic rings. The minimum absolute atomic E-state index is 0.140. The molecule has 1 rings (SSSR count). The molecule has 6 nitrogen and oxygen atoms in total. The number of hydrogen-bond acceptors (Lipinski definition) is 4. The third-order valence-electron chi connectivity index (χ3n) is 2.78. The predicted molar refractivity (Wildman–Crippen MR) is 80.8 cm³/mol. The monoisotopic (exact) mass is 280 g/mol. The Kier molecular flexibility index (Phi) is 7.46.